The number of aromatic nitrogens is 2. The normalized spacial score (nSPS) is 19.9. The van der Waals surface area contributed by atoms with Crippen LogP contribution in [0.1, 0.15) is 18.6 Å². The maximum absolute atomic E-state index is 10.9. The molecule has 0 amide bonds. The second kappa shape index (κ2) is 5.45. The third-order valence-electron chi connectivity index (χ3n) is 3.25. The Morgan fingerprint density at radius 3 is 2.61 bits per heavy atom. The van der Waals surface area contributed by atoms with Gasteiger partial charge in [-0.2, -0.15) is 4.98 Å². The minimum absolute atomic E-state index is 0.417. The number of nitrogens with zero attached hydrogens (tertiary/aromatic N) is 4. The number of hydrogen-bond acceptors (Lipinski definition) is 6. The molecule has 0 aromatic carbocycles. The summed E-state index contributed by atoms with van der Waals surface area (Å²) in [5.74, 6) is 0.493. The van der Waals surface area contributed by atoms with Gasteiger partial charge in [0.15, 0.2) is 5.82 Å². The number of aryl methyl sites for hydroxylation is 1. The lowest BCUT2D eigenvalue weighted by Gasteiger charge is -2.35. The van der Waals surface area contributed by atoms with Crippen LogP contribution in [-0.2, 0) is 11.3 Å². The average molecular weight is 254 g/mol. The van der Waals surface area contributed by atoms with Crippen molar-refractivity contribution in [3.8, 4) is 0 Å². The number of carboxylic acids is 1. The fraction of sp³-hybridized carbons (Fsp3) is 0.727. The summed E-state index contributed by atoms with van der Waals surface area (Å²) in [6.45, 7) is 7.31. The largest absolute Gasteiger partial charge is 0.480 e. The predicted molar refractivity (Wildman–Crippen MR) is 63.0 cm³/mol. The van der Waals surface area contributed by atoms with Crippen molar-refractivity contribution < 1.29 is 14.4 Å². The first-order valence-corrected chi connectivity index (χ1v) is 6.04. The number of rotatable bonds is 4. The second-order valence-corrected chi connectivity index (χ2v) is 4.56. The van der Waals surface area contributed by atoms with Gasteiger partial charge >= 0.3 is 5.97 Å². The molecule has 1 aromatic heterocycles. The number of hydrogen-bond donors (Lipinski definition) is 1. The molecule has 18 heavy (non-hydrogen) atoms. The molecule has 0 radical (unpaired) electrons. The summed E-state index contributed by atoms with van der Waals surface area (Å²) in [5, 5.41) is 12.8. The van der Waals surface area contributed by atoms with Crippen LogP contribution in [0, 0.1) is 6.92 Å². The molecule has 2 heterocycles. The Morgan fingerprint density at radius 1 is 1.44 bits per heavy atom. The molecule has 1 atom stereocenters. The van der Waals surface area contributed by atoms with E-state index in [-0.39, 0.29) is 0 Å². The van der Waals surface area contributed by atoms with E-state index in [2.05, 4.69) is 15.0 Å². The first-order valence-electron chi connectivity index (χ1n) is 6.04. The van der Waals surface area contributed by atoms with E-state index in [0.29, 0.717) is 18.3 Å². The summed E-state index contributed by atoms with van der Waals surface area (Å²) < 4.78 is 4.92. The lowest BCUT2D eigenvalue weighted by atomic mass is 10.2. The topological polar surface area (TPSA) is 82.7 Å². The molecule has 1 aromatic rings. The van der Waals surface area contributed by atoms with Crippen molar-refractivity contribution in [1.29, 1.82) is 0 Å². The first-order chi connectivity index (χ1) is 8.56. The first kappa shape index (κ1) is 13.0. The molecule has 0 aliphatic carbocycles. The van der Waals surface area contributed by atoms with Crippen molar-refractivity contribution >= 4 is 5.97 Å². The highest BCUT2D eigenvalue weighted by atomic mass is 16.5. The minimum atomic E-state index is -0.766. The SMILES string of the molecule is Cc1nc(CN2CCN(C(C)C(=O)O)CC2)no1. The van der Waals surface area contributed by atoms with Crippen molar-refractivity contribution in [3.05, 3.63) is 11.7 Å². The van der Waals surface area contributed by atoms with Crippen molar-refractivity contribution in [3.63, 3.8) is 0 Å². The molecular formula is C11H18N4O3. The van der Waals surface area contributed by atoms with Gasteiger partial charge in [-0.25, -0.2) is 0 Å². The summed E-state index contributed by atoms with van der Waals surface area (Å²) in [7, 11) is 0. The van der Waals surface area contributed by atoms with E-state index in [0.717, 1.165) is 26.2 Å². The van der Waals surface area contributed by atoms with Crippen LogP contribution in [0.3, 0.4) is 0 Å². The Kier molecular flexibility index (Phi) is 3.93. The zero-order valence-electron chi connectivity index (χ0n) is 10.7. The van der Waals surface area contributed by atoms with Gasteiger partial charge in [-0.05, 0) is 6.92 Å². The summed E-state index contributed by atoms with van der Waals surface area (Å²) in [6, 6.07) is -0.417. The lowest BCUT2D eigenvalue weighted by molar-refractivity contribution is -0.143. The van der Waals surface area contributed by atoms with Crippen molar-refractivity contribution in [2.45, 2.75) is 26.4 Å². The fourth-order valence-electron chi connectivity index (χ4n) is 2.07. The average Bonchev–Trinajstić information content (AvgIpc) is 2.75. The minimum Gasteiger partial charge on any atom is -0.480 e. The highest BCUT2D eigenvalue weighted by molar-refractivity contribution is 5.72. The molecule has 1 aliphatic heterocycles. The van der Waals surface area contributed by atoms with Gasteiger partial charge in [0.25, 0.3) is 0 Å². The molecule has 1 aliphatic rings. The molecular weight excluding hydrogens is 236 g/mol. The van der Waals surface area contributed by atoms with Gasteiger partial charge < -0.3 is 9.63 Å². The number of carbonyl (C=O) groups is 1. The molecule has 1 unspecified atom stereocenters. The van der Waals surface area contributed by atoms with Crippen LogP contribution < -0.4 is 0 Å². The van der Waals surface area contributed by atoms with E-state index in [4.69, 9.17) is 9.63 Å². The summed E-state index contributed by atoms with van der Waals surface area (Å²) in [6.07, 6.45) is 0. The molecule has 2 rings (SSSR count). The number of carboxylic acid groups (broad SMARTS) is 1. The van der Waals surface area contributed by atoms with E-state index in [1.54, 1.807) is 13.8 Å². The van der Waals surface area contributed by atoms with E-state index < -0.39 is 12.0 Å². The molecule has 7 nitrogen and oxygen atoms in total. The van der Waals surface area contributed by atoms with Crippen molar-refractivity contribution in [2.24, 2.45) is 0 Å². The Morgan fingerprint density at radius 2 is 2.11 bits per heavy atom. The highest BCUT2D eigenvalue weighted by Crippen LogP contribution is 2.09. The molecule has 0 saturated carbocycles. The van der Waals surface area contributed by atoms with Gasteiger partial charge in [0.1, 0.15) is 6.04 Å². The van der Waals surface area contributed by atoms with Crippen LogP contribution in [0.5, 0.6) is 0 Å². The van der Waals surface area contributed by atoms with Gasteiger partial charge in [-0.1, -0.05) is 5.16 Å². The summed E-state index contributed by atoms with van der Waals surface area (Å²) in [4.78, 5) is 19.2. The van der Waals surface area contributed by atoms with Gasteiger partial charge in [-0.15, -0.1) is 0 Å². The second-order valence-electron chi connectivity index (χ2n) is 4.56. The summed E-state index contributed by atoms with van der Waals surface area (Å²) >= 11 is 0. The highest BCUT2D eigenvalue weighted by Gasteiger charge is 2.25. The molecule has 7 heteroatoms. The zero-order valence-corrected chi connectivity index (χ0v) is 10.7. The molecule has 0 spiro atoms. The van der Waals surface area contributed by atoms with Crippen LogP contribution in [0.25, 0.3) is 0 Å². The lowest BCUT2D eigenvalue weighted by Crippen LogP contribution is -2.51. The smallest absolute Gasteiger partial charge is 0.320 e. The predicted octanol–water partition coefficient (Wildman–Crippen LogP) is -0.0313. The van der Waals surface area contributed by atoms with Crippen LogP contribution in [-0.4, -0.2) is 63.2 Å². The number of aliphatic carboxylic acids is 1. The van der Waals surface area contributed by atoms with E-state index in [1.807, 2.05) is 4.90 Å². The third kappa shape index (κ3) is 3.05. The Balaban J connectivity index is 1.81. The van der Waals surface area contributed by atoms with Crippen molar-refractivity contribution in [1.82, 2.24) is 19.9 Å². The Hall–Kier alpha value is -1.47. The Labute approximate surface area is 105 Å². The van der Waals surface area contributed by atoms with Crippen LogP contribution in [0.15, 0.2) is 4.52 Å². The van der Waals surface area contributed by atoms with E-state index >= 15 is 0 Å². The molecule has 1 N–H and O–H groups in total. The van der Waals surface area contributed by atoms with Gasteiger partial charge in [-0.3, -0.25) is 14.6 Å². The van der Waals surface area contributed by atoms with E-state index in [1.165, 1.54) is 0 Å². The fourth-order valence-corrected chi connectivity index (χ4v) is 2.07. The maximum atomic E-state index is 10.9. The van der Waals surface area contributed by atoms with Crippen LogP contribution in [0.2, 0.25) is 0 Å². The van der Waals surface area contributed by atoms with Crippen LogP contribution >= 0.6 is 0 Å². The molecule has 0 bridgehead atoms. The Bertz CT molecular complexity index is 412. The standard InChI is InChI=1S/C11H18N4O3/c1-8(11(16)17)15-5-3-14(4-6-15)7-10-12-9(2)18-13-10/h8H,3-7H2,1-2H3,(H,16,17). The van der Waals surface area contributed by atoms with Gasteiger partial charge in [0.05, 0.1) is 6.54 Å². The third-order valence-corrected chi connectivity index (χ3v) is 3.25. The van der Waals surface area contributed by atoms with E-state index in [9.17, 15) is 4.79 Å². The molecule has 1 fully saturated rings. The van der Waals surface area contributed by atoms with Crippen LogP contribution in [0.4, 0.5) is 0 Å². The van der Waals surface area contributed by atoms with Gasteiger partial charge in [0.2, 0.25) is 5.89 Å². The quantitative estimate of drug-likeness (QED) is 0.807. The monoisotopic (exact) mass is 254 g/mol. The van der Waals surface area contributed by atoms with Gasteiger partial charge in [0, 0.05) is 33.1 Å². The molecule has 100 valence electrons. The van der Waals surface area contributed by atoms with Crippen molar-refractivity contribution in [2.75, 3.05) is 26.2 Å². The zero-order chi connectivity index (χ0) is 13.1. The number of piperazine rings is 1. The maximum Gasteiger partial charge on any atom is 0.320 e. The molecule has 1 saturated heterocycles. The summed E-state index contributed by atoms with van der Waals surface area (Å²) in [5.41, 5.74) is 0.